The van der Waals surface area contributed by atoms with Crippen molar-refractivity contribution in [3.05, 3.63) is 74.4 Å². The van der Waals surface area contributed by atoms with E-state index in [-0.39, 0.29) is 15.7 Å². The minimum absolute atomic E-state index is 0.0390. The van der Waals surface area contributed by atoms with Crippen molar-refractivity contribution in [2.24, 2.45) is 0 Å². The molecule has 0 unspecified atom stereocenters. The Hall–Kier alpha value is -3.11. The van der Waals surface area contributed by atoms with Crippen LogP contribution in [0.4, 0.5) is 5.69 Å². The van der Waals surface area contributed by atoms with Crippen LogP contribution in [0.25, 0.3) is 6.08 Å². The second kappa shape index (κ2) is 9.59. The normalized spacial score (nSPS) is 11.5. The van der Waals surface area contributed by atoms with Gasteiger partial charge in [0.25, 0.3) is 5.69 Å². The van der Waals surface area contributed by atoms with Crippen molar-refractivity contribution < 1.29 is 14.8 Å². The number of aromatic nitrogens is 3. The van der Waals surface area contributed by atoms with Gasteiger partial charge >= 0.3 is 5.97 Å². The summed E-state index contributed by atoms with van der Waals surface area (Å²) in [5, 5.41) is 27.9. The fourth-order valence-corrected chi connectivity index (χ4v) is 4.06. The number of nitrogens with zero attached hydrogens (tertiary/aromatic N) is 3. The number of aryl methyl sites for hydroxylation is 2. The van der Waals surface area contributed by atoms with Crippen molar-refractivity contribution in [2.75, 3.05) is 0 Å². The lowest BCUT2D eigenvalue weighted by Gasteiger charge is -2.08. The Balaban J connectivity index is 2.00. The number of carboxylic acid groups (broad SMARTS) is 1. The smallest absolute Gasteiger partial charge is 0.342 e. The molecule has 10 heteroatoms. The number of nitro groups is 1. The summed E-state index contributed by atoms with van der Waals surface area (Å²) in [6.07, 6.45) is 2.06. The van der Waals surface area contributed by atoms with E-state index in [1.165, 1.54) is 30.0 Å². The number of H-pyrrole nitrogens is 1. The topological polar surface area (TPSA) is 122 Å². The van der Waals surface area contributed by atoms with Crippen molar-refractivity contribution in [3.63, 3.8) is 0 Å². The Kier molecular flexibility index (Phi) is 6.91. The molecular formula is C20H18N4O4S2. The predicted octanol–water partition coefficient (Wildman–Crippen LogP) is 4.95. The van der Waals surface area contributed by atoms with Crippen LogP contribution >= 0.6 is 23.5 Å². The summed E-state index contributed by atoms with van der Waals surface area (Å²) in [6, 6.07) is 12.2. The summed E-state index contributed by atoms with van der Waals surface area (Å²) in [5.74, 6) is -0.520. The third-order valence-corrected chi connectivity index (χ3v) is 5.97. The Morgan fingerprint density at radius 1 is 1.27 bits per heavy atom. The fraction of sp³-hybridized carbons (Fsp3) is 0.150. The van der Waals surface area contributed by atoms with Crippen LogP contribution in [0.1, 0.15) is 23.9 Å². The Morgan fingerprint density at radius 3 is 2.60 bits per heavy atom. The molecule has 0 aliphatic carbocycles. The molecule has 0 fully saturated rings. The van der Waals surface area contributed by atoms with Crippen LogP contribution in [0.2, 0.25) is 0 Å². The molecule has 154 valence electrons. The van der Waals surface area contributed by atoms with Crippen LogP contribution in [0.5, 0.6) is 0 Å². The highest BCUT2D eigenvalue weighted by Crippen LogP contribution is 2.35. The minimum Gasteiger partial charge on any atom is -0.477 e. The number of thioether (sulfide) groups is 1. The molecule has 0 aliphatic heterocycles. The third-order valence-electron chi connectivity index (χ3n) is 4.00. The molecule has 0 amide bonds. The van der Waals surface area contributed by atoms with Crippen molar-refractivity contribution in [2.45, 2.75) is 35.2 Å². The number of hydrogen-bond acceptors (Lipinski definition) is 7. The van der Waals surface area contributed by atoms with E-state index in [2.05, 4.69) is 15.2 Å². The monoisotopic (exact) mass is 442 g/mol. The quantitative estimate of drug-likeness (QED) is 0.217. The van der Waals surface area contributed by atoms with Gasteiger partial charge in [-0.1, -0.05) is 36.4 Å². The summed E-state index contributed by atoms with van der Waals surface area (Å²) in [7, 11) is 0. The van der Waals surface area contributed by atoms with Crippen LogP contribution in [0.3, 0.4) is 0 Å². The summed E-state index contributed by atoms with van der Waals surface area (Å²) in [5.41, 5.74) is 1.44. The molecule has 8 nitrogen and oxygen atoms in total. The number of benzene rings is 2. The Bertz CT molecular complexity index is 1110. The van der Waals surface area contributed by atoms with Crippen LogP contribution in [0.15, 0.2) is 62.3 Å². The third kappa shape index (κ3) is 5.49. The maximum atomic E-state index is 11.8. The van der Waals surface area contributed by atoms with Crippen molar-refractivity contribution in [1.82, 2.24) is 15.2 Å². The van der Waals surface area contributed by atoms with Gasteiger partial charge in [0.2, 0.25) is 5.16 Å². The summed E-state index contributed by atoms with van der Waals surface area (Å²) in [4.78, 5) is 28.4. The van der Waals surface area contributed by atoms with E-state index in [4.69, 9.17) is 0 Å². The zero-order valence-corrected chi connectivity index (χ0v) is 17.8. The van der Waals surface area contributed by atoms with Crippen LogP contribution < -0.4 is 0 Å². The van der Waals surface area contributed by atoms with E-state index in [9.17, 15) is 20.0 Å². The standard InChI is InChI=1S/C20H18N4O4S2/c1-3-18-21-20(23-22-18)30-17(19(25)26)11-13-10-14(24(27)28)6-9-16(13)29-15-7-4-12(2)5-8-15/h4-11H,3H2,1-2H3,(H,25,26)(H,21,22,23)/b17-11+. The largest absolute Gasteiger partial charge is 0.477 e. The molecule has 3 rings (SSSR count). The lowest BCUT2D eigenvalue weighted by Crippen LogP contribution is -1.98. The highest BCUT2D eigenvalue weighted by molar-refractivity contribution is 8.04. The molecule has 0 saturated carbocycles. The summed E-state index contributed by atoms with van der Waals surface area (Å²) in [6.45, 7) is 3.89. The number of nitrogens with one attached hydrogen (secondary N) is 1. The molecule has 30 heavy (non-hydrogen) atoms. The first-order valence-electron chi connectivity index (χ1n) is 8.92. The average Bonchev–Trinajstić information content (AvgIpc) is 3.17. The molecule has 1 heterocycles. The van der Waals surface area contributed by atoms with Gasteiger partial charge in [0.15, 0.2) is 0 Å². The van der Waals surface area contributed by atoms with Crippen molar-refractivity contribution >= 4 is 41.3 Å². The van der Waals surface area contributed by atoms with Gasteiger partial charge in [0, 0.05) is 28.3 Å². The second-order valence-electron chi connectivity index (χ2n) is 6.23. The molecule has 0 spiro atoms. The lowest BCUT2D eigenvalue weighted by molar-refractivity contribution is -0.384. The zero-order valence-electron chi connectivity index (χ0n) is 16.2. The Labute approximate surface area is 181 Å². The number of carbonyl (C=O) groups is 1. The highest BCUT2D eigenvalue weighted by atomic mass is 32.2. The van der Waals surface area contributed by atoms with Gasteiger partial charge in [0.05, 0.1) is 4.92 Å². The molecular weight excluding hydrogens is 424 g/mol. The van der Waals surface area contributed by atoms with Gasteiger partial charge < -0.3 is 5.11 Å². The molecule has 0 aliphatic rings. The maximum Gasteiger partial charge on any atom is 0.342 e. The van der Waals surface area contributed by atoms with E-state index >= 15 is 0 Å². The molecule has 0 bridgehead atoms. The van der Waals surface area contributed by atoms with E-state index in [1.54, 1.807) is 6.07 Å². The lowest BCUT2D eigenvalue weighted by atomic mass is 10.2. The highest BCUT2D eigenvalue weighted by Gasteiger charge is 2.17. The first kappa shape index (κ1) is 21.6. The number of carboxylic acids is 1. The number of nitro benzene ring substituents is 1. The Morgan fingerprint density at radius 2 is 2.00 bits per heavy atom. The predicted molar refractivity (Wildman–Crippen MR) is 116 cm³/mol. The summed E-state index contributed by atoms with van der Waals surface area (Å²) >= 11 is 2.29. The molecule has 0 saturated heterocycles. The van der Waals surface area contributed by atoms with Gasteiger partial charge in [0.1, 0.15) is 10.7 Å². The molecule has 2 N–H and O–H groups in total. The second-order valence-corrected chi connectivity index (χ2v) is 8.35. The van der Waals surface area contributed by atoms with Gasteiger partial charge in [-0.15, -0.1) is 5.10 Å². The van der Waals surface area contributed by atoms with E-state index < -0.39 is 10.9 Å². The maximum absolute atomic E-state index is 11.8. The molecule has 1 aromatic heterocycles. The van der Waals surface area contributed by atoms with Gasteiger partial charge in [-0.2, -0.15) is 0 Å². The number of rotatable bonds is 8. The van der Waals surface area contributed by atoms with E-state index in [0.29, 0.717) is 22.7 Å². The van der Waals surface area contributed by atoms with Gasteiger partial charge in [-0.3, -0.25) is 15.2 Å². The van der Waals surface area contributed by atoms with Gasteiger partial charge in [-0.25, -0.2) is 9.78 Å². The number of hydrogen-bond donors (Lipinski definition) is 2. The average molecular weight is 443 g/mol. The number of aromatic amines is 1. The number of aliphatic carboxylic acids is 1. The number of non-ortho nitro benzene ring substituents is 1. The fourth-order valence-electron chi connectivity index (χ4n) is 2.44. The van der Waals surface area contributed by atoms with E-state index in [0.717, 1.165) is 22.2 Å². The minimum atomic E-state index is -1.17. The molecule has 2 aromatic carbocycles. The molecule has 0 atom stereocenters. The first-order chi connectivity index (χ1) is 14.4. The SMILES string of the molecule is CCc1nc(S/C(=C/c2cc([N+](=O)[O-])ccc2Sc2ccc(C)cc2)C(=O)O)n[nH]1. The van der Waals surface area contributed by atoms with E-state index in [1.807, 2.05) is 38.1 Å². The molecule has 3 aromatic rings. The van der Waals surface area contributed by atoms with Crippen molar-refractivity contribution in [3.8, 4) is 0 Å². The summed E-state index contributed by atoms with van der Waals surface area (Å²) < 4.78 is 0. The first-order valence-corrected chi connectivity index (χ1v) is 10.6. The molecule has 0 radical (unpaired) electrons. The zero-order chi connectivity index (χ0) is 21.7. The van der Waals surface area contributed by atoms with Gasteiger partial charge in [-0.05, 0) is 48.5 Å². The van der Waals surface area contributed by atoms with Crippen LogP contribution in [-0.2, 0) is 11.2 Å². The van der Waals surface area contributed by atoms with Crippen LogP contribution in [0, 0.1) is 17.0 Å². The van der Waals surface area contributed by atoms with Crippen LogP contribution in [-0.4, -0.2) is 31.2 Å². The van der Waals surface area contributed by atoms with Crippen molar-refractivity contribution in [1.29, 1.82) is 0 Å².